The lowest BCUT2D eigenvalue weighted by Crippen LogP contribution is -2.45. The third-order valence-corrected chi connectivity index (χ3v) is 5.32. The summed E-state index contributed by atoms with van der Waals surface area (Å²) in [6.45, 7) is 0.0232. The van der Waals surface area contributed by atoms with Crippen molar-refractivity contribution >= 4 is 34.4 Å². The fourth-order valence-corrected chi connectivity index (χ4v) is 3.69. The first-order valence-corrected chi connectivity index (χ1v) is 9.28. The maximum absolute atomic E-state index is 13.1. The lowest BCUT2D eigenvalue weighted by atomic mass is 10.2. The molecule has 1 atom stereocenters. The van der Waals surface area contributed by atoms with Crippen molar-refractivity contribution in [3.8, 4) is 0 Å². The highest BCUT2D eigenvalue weighted by atomic mass is 32.2. The Balaban J connectivity index is 1.97. The van der Waals surface area contributed by atoms with E-state index in [0.29, 0.717) is 5.56 Å². The average molecular weight is 425 g/mol. The Morgan fingerprint density at radius 1 is 1.21 bits per heavy atom. The van der Waals surface area contributed by atoms with E-state index in [-0.39, 0.29) is 23.8 Å². The number of carbonyl (C=O) groups excluding carboxylic acids is 2. The van der Waals surface area contributed by atoms with E-state index in [9.17, 15) is 27.2 Å². The molecule has 2 amide bonds. The van der Waals surface area contributed by atoms with E-state index in [2.05, 4.69) is 4.99 Å². The van der Waals surface area contributed by atoms with Crippen molar-refractivity contribution in [2.75, 3.05) is 0 Å². The molecule has 1 heterocycles. The van der Waals surface area contributed by atoms with Crippen LogP contribution >= 0.6 is 11.8 Å². The van der Waals surface area contributed by atoms with Gasteiger partial charge in [-0.25, -0.2) is 9.38 Å². The predicted octanol–water partition coefficient (Wildman–Crippen LogP) is 3.85. The van der Waals surface area contributed by atoms with Crippen LogP contribution in [0.25, 0.3) is 0 Å². The minimum atomic E-state index is -4.55. The molecule has 0 radical (unpaired) electrons. The monoisotopic (exact) mass is 425 g/mol. The van der Waals surface area contributed by atoms with E-state index in [0.717, 1.165) is 23.9 Å². The maximum Gasteiger partial charge on any atom is 0.416 e. The van der Waals surface area contributed by atoms with Gasteiger partial charge in [0.05, 0.1) is 23.0 Å². The summed E-state index contributed by atoms with van der Waals surface area (Å²) in [4.78, 5) is 29.6. The Kier molecular flexibility index (Phi) is 5.92. The SMILES string of the molecule is NC(=O)C1CC(=O)N(Cc2ccc(F)cc2)C(=Nc2cccc(C(F)(F)F)c2)S1. The lowest BCUT2D eigenvalue weighted by molar-refractivity contribution is -0.137. The summed E-state index contributed by atoms with van der Waals surface area (Å²) in [5, 5.41) is -0.829. The van der Waals surface area contributed by atoms with Gasteiger partial charge >= 0.3 is 6.18 Å². The van der Waals surface area contributed by atoms with Gasteiger partial charge in [-0.3, -0.25) is 14.5 Å². The predicted molar refractivity (Wildman–Crippen MR) is 101 cm³/mol. The molecule has 1 fully saturated rings. The fraction of sp³-hybridized carbons (Fsp3) is 0.211. The second-order valence-corrected chi connectivity index (χ2v) is 7.43. The van der Waals surface area contributed by atoms with Crippen LogP contribution in [-0.2, 0) is 22.3 Å². The number of benzene rings is 2. The first-order valence-electron chi connectivity index (χ1n) is 8.40. The molecule has 2 aromatic carbocycles. The number of hydrogen-bond acceptors (Lipinski definition) is 4. The average Bonchev–Trinajstić information content (AvgIpc) is 2.65. The highest BCUT2D eigenvalue weighted by molar-refractivity contribution is 8.15. The first kappa shape index (κ1) is 20.8. The number of carbonyl (C=O) groups is 2. The zero-order valence-electron chi connectivity index (χ0n) is 14.8. The molecule has 0 aromatic heterocycles. The van der Waals surface area contributed by atoms with Gasteiger partial charge in [-0.05, 0) is 35.9 Å². The Bertz CT molecular complexity index is 961. The molecule has 0 spiro atoms. The van der Waals surface area contributed by atoms with Crippen LogP contribution in [0.4, 0.5) is 23.2 Å². The number of amides is 2. The number of nitrogens with two attached hydrogens (primary N) is 1. The molecular weight excluding hydrogens is 410 g/mol. The molecule has 2 N–H and O–H groups in total. The number of hydrogen-bond donors (Lipinski definition) is 1. The van der Waals surface area contributed by atoms with Gasteiger partial charge in [-0.15, -0.1) is 0 Å². The fourth-order valence-electron chi connectivity index (χ4n) is 2.64. The van der Waals surface area contributed by atoms with E-state index in [1.807, 2.05) is 0 Å². The first-order chi connectivity index (χ1) is 13.6. The quantitative estimate of drug-likeness (QED) is 0.756. The zero-order valence-corrected chi connectivity index (χ0v) is 15.6. The van der Waals surface area contributed by atoms with E-state index in [1.54, 1.807) is 0 Å². The van der Waals surface area contributed by atoms with Crippen molar-refractivity contribution < 1.29 is 27.2 Å². The third kappa shape index (κ3) is 5.14. The molecule has 29 heavy (non-hydrogen) atoms. The molecule has 10 heteroatoms. The summed E-state index contributed by atoms with van der Waals surface area (Å²) in [5.74, 6) is -1.62. The van der Waals surface area contributed by atoms with Crippen molar-refractivity contribution in [1.82, 2.24) is 4.90 Å². The molecule has 1 aliphatic heterocycles. The van der Waals surface area contributed by atoms with Crippen LogP contribution in [0, 0.1) is 5.82 Å². The van der Waals surface area contributed by atoms with E-state index in [4.69, 9.17) is 5.73 Å². The van der Waals surface area contributed by atoms with Crippen molar-refractivity contribution in [3.05, 3.63) is 65.5 Å². The Hall–Kier alpha value is -2.88. The molecule has 5 nitrogen and oxygen atoms in total. The van der Waals surface area contributed by atoms with Crippen LogP contribution in [-0.4, -0.2) is 27.1 Å². The Morgan fingerprint density at radius 2 is 1.90 bits per heavy atom. The normalized spacial score (nSPS) is 18.9. The lowest BCUT2D eigenvalue weighted by Gasteiger charge is -2.31. The molecule has 152 valence electrons. The minimum absolute atomic E-state index is 0.0232. The van der Waals surface area contributed by atoms with Gasteiger partial charge in [-0.2, -0.15) is 13.2 Å². The molecule has 1 aliphatic rings. The van der Waals surface area contributed by atoms with Gasteiger partial charge in [0.2, 0.25) is 11.8 Å². The molecule has 1 unspecified atom stereocenters. The highest BCUT2D eigenvalue weighted by Crippen LogP contribution is 2.33. The summed E-state index contributed by atoms with van der Waals surface area (Å²) in [7, 11) is 0. The second kappa shape index (κ2) is 8.24. The van der Waals surface area contributed by atoms with Gasteiger partial charge in [0.1, 0.15) is 5.82 Å². The van der Waals surface area contributed by atoms with Gasteiger partial charge in [0.15, 0.2) is 5.17 Å². The number of nitrogens with zero attached hydrogens (tertiary/aromatic N) is 2. The third-order valence-electron chi connectivity index (χ3n) is 4.11. The summed E-state index contributed by atoms with van der Waals surface area (Å²) >= 11 is 0.907. The van der Waals surface area contributed by atoms with Gasteiger partial charge in [0, 0.05) is 6.42 Å². The number of thioether (sulfide) groups is 1. The number of amidine groups is 1. The Labute approximate surface area is 167 Å². The van der Waals surface area contributed by atoms with Gasteiger partial charge in [0.25, 0.3) is 0 Å². The largest absolute Gasteiger partial charge is 0.416 e. The van der Waals surface area contributed by atoms with Crippen molar-refractivity contribution in [3.63, 3.8) is 0 Å². The summed E-state index contributed by atoms with van der Waals surface area (Å²) in [6.07, 6.45) is -4.71. The highest BCUT2D eigenvalue weighted by Gasteiger charge is 2.35. The van der Waals surface area contributed by atoms with Crippen molar-refractivity contribution in [1.29, 1.82) is 0 Å². The molecule has 0 bridgehead atoms. The number of rotatable bonds is 4. The number of aliphatic imine (C=N–C) groups is 1. The van der Waals surface area contributed by atoms with Crippen LogP contribution < -0.4 is 5.73 Å². The van der Waals surface area contributed by atoms with Crippen LogP contribution in [0.1, 0.15) is 17.5 Å². The summed E-state index contributed by atoms with van der Waals surface area (Å²) in [6, 6.07) is 9.74. The van der Waals surface area contributed by atoms with Crippen LogP contribution in [0.2, 0.25) is 0 Å². The maximum atomic E-state index is 13.1. The summed E-state index contributed by atoms with van der Waals surface area (Å²) in [5.41, 5.74) is 4.99. The molecule has 2 aromatic rings. The van der Waals surface area contributed by atoms with E-state index < -0.39 is 34.6 Å². The minimum Gasteiger partial charge on any atom is -0.369 e. The van der Waals surface area contributed by atoms with Gasteiger partial charge in [-0.1, -0.05) is 30.0 Å². The molecule has 1 saturated heterocycles. The van der Waals surface area contributed by atoms with Gasteiger partial charge < -0.3 is 5.73 Å². The van der Waals surface area contributed by atoms with Crippen molar-refractivity contribution in [2.45, 2.75) is 24.4 Å². The molecule has 3 rings (SSSR count). The van der Waals surface area contributed by atoms with Crippen LogP contribution in [0.5, 0.6) is 0 Å². The van der Waals surface area contributed by atoms with Crippen LogP contribution in [0.3, 0.4) is 0 Å². The van der Waals surface area contributed by atoms with E-state index >= 15 is 0 Å². The van der Waals surface area contributed by atoms with Crippen LogP contribution in [0.15, 0.2) is 53.5 Å². The number of halogens is 4. The molecule has 0 aliphatic carbocycles. The molecular formula is C19H15F4N3O2S. The smallest absolute Gasteiger partial charge is 0.369 e. The summed E-state index contributed by atoms with van der Waals surface area (Å²) < 4.78 is 52.0. The van der Waals surface area contributed by atoms with E-state index in [1.165, 1.54) is 41.3 Å². The number of primary amides is 1. The standard InChI is InChI=1S/C19H15F4N3O2S/c20-13-6-4-11(5-7-13)10-26-16(27)9-15(17(24)28)29-18(26)25-14-3-1-2-12(8-14)19(21,22)23/h1-8,15H,9-10H2,(H2,24,28). The second-order valence-electron chi connectivity index (χ2n) is 6.26. The number of alkyl halides is 3. The topological polar surface area (TPSA) is 75.8 Å². The van der Waals surface area contributed by atoms with Crippen molar-refractivity contribution in [2.24, 2.45) is 10.7 Å². The molecule has 0 saturated carbocycles. The Morgan fingerprint density at radius 3 is 2.52 bits per heavy atom. The zero-order chi connectivity index (χ0) is 21.2.